The van der Waals surface area contributed by atoms with E-state index in [9.17, 15) is 32.3 Å². The second-order valence-electron chi connectivity index (χ2n) is 10.5. The maximum Gasteiger partial charge on any atom is 0.416 e. The molecule has 190 valence electrons. The molecule has 2 aliphatic carbocycles. The number of aromatic nitrogens is 1. The first-order chi connectivity index (χ1) is 16.9. The highest BCUT2D eigenvalue weighted by Crippen LogP contribution is 2.68. The Kier molecular flexibility index (Phi) is 5.09. The summed E-state index contributed by atoms with van der Waals surface area (Å²) < 4.78 is 39.0. The fourth-order valence-corrected chi connectivity index (χ4v) is 10.1. The predicted octanol–water partition coefficient (Wildman–Crippen LogP) is 3.71. The Hall–Kier alpha value is -2.60. The molecule has 0 unspecified atom stereocenters. The zero-order valence-electron chi connectivity index (χ0n) is 19.2. The summed E-state index contributed by atoms with van der Waals surface area (Å²) in [7, 11) is 0. The van der Waals surface area contributed by atoms with Crippen LogP contribution in [0.1, 0.15) is 30.7 Å². The van der Waals surface area contributed by atoms with Crippen molar-refractivity contribution >= 4 is 46.5 Å². The average molecular weight is 538 g/mol. The Morgan fingerprint density at radius 2 is 1.86 bits per heavy atom. The fraction of sp³-hybridized carbons (Fsp3) is 0.500. The summed E-state index contributed by atoms with van der Waals surface area (Å²) in [6.45, 7) is 3.64. The van der Waals surface area contributed by atoms with Crippen LogP contribution in [-0.4, -0.2) is 39.4 Å². The lowest BCUT2D eigenvalue weighted by atomic mass is 9.64. The number of carbonyl (C=O) groups is 3. The lowest BCUT2D eigenvalue weighted by Crippen LogP contribution is -2.48. The molecule has 3 amide bonds. The highest BCUT2D eigenvalue weighted by Gasteiger charge is 2.70. The van der Waals surface area contributed by atoms with Crippen LogP contribution in [0.4, 0.5) is 18.9 Å². The smallest absolute Gasteiger partial charge is 0.325 e. The molecule has 0 radical (unpaired) electrons. The standard InChI is InChI=1S/C24H22F3N3O4S2/c1-23(2)16-11-7-12(17(16)35-19-18(23)36-22(34)29-19)15-14(11)20(32)30(21(15)33)8-13(31)28-10-5-3-4-9(6-10)24(25,26)27/h3-6,11-12,14-17H,7-8H2,1-2H3,(H,28,31)(H,29,34)/t11-,12-,14-,15-,16-,17+/m1/s1. The Bertz CT molecular complexity index is 1370. The number of fused-ring (bicyclic) bond motifs is 9. The van der Waals surface area contributed by atoms with Crippen LogP contribution in [0, 0.1) is 29.6 Å². The van der Waals surface area contributed by atoms with Gasteiger partial charge in [0.2, 0.25) is 17.7 Å². The Labute approximate surface area is 211 Å². The van der Waals surface area contributed by atoms with Crippen molar-refractivity contribution in [1.29, 1.82) is 0 Å². The van der Waals surface area contributed by atoms with Crippen LogP contribution in [0.25, 0.3) is 0 Å². The third kappa shape index (κ3) is 3.33. The van der Waals surface area contributed by atoms with Gasteiger partial charge < -0.3 is 10.3 Å². The van der Waals surface area contributed by atoms with Crippen molar-refractivity contribution in [3.8, 4) is 0 Å². The number of nitrogens with one attached hydrogen (secondary N) is 2. The molecule has 1 saturated heterocycles. The first-order valence-corrected chi connectivity index (χ1v) is 13.3. The number of amides is 3. The van der Waals surface area contributed by atoms with E-state index in [1.54, 1.807) is 11.8 Å². The molecule has 0 spiro atoms. The van der Waals surface area contributed by atoms with Crippen molar-refractivity contribution in [2.24, 2.45) is 29.6 Å². The minimum atomic E-state index is -4.56. The highest BCUT2D eigenvalue weighted by molar-refractivity contribution is 8.00. The van der Waals surface area contributed by atoms with Crippen LogP contribution in [0.5, 0.6) is 0 Å². The summed E-state index contributed by atoms with van der Waals surface area (Å²) in [5.74, 6) is -2.49. The number of halogens is 3. The van der Waals surface area contributed by atoms with E-state index < -0.39 is 41.9 Å². The van der Waals surface area contributed by atoms with E-state index in [1.807, 2.05) is 0 Å². The molecule has 36 heavy (non-hydrogen) atoms. The minimum Gasteiger partial charge on any atom is -0.325 e. The van der Waals surface area contributed by atoms with Gasteiger partial charge >= 0.3 is 11.0 Å². The third-order valence-corrected chi connectivity index (χ3v) is 11.1. The largest absolute Gasteiger partial charge is 0.416 e. The molecule has 2 N–H and O–H groups in total. The molecule has 7 nitrogen and oxygen atoms in total. The number of alkyl halides is 3. The minimum absolute atomic E-state index is 0.0363. The van der Waals surface area contributed by atoms with E-state index in [4.69, 9.17) is 0 Å². The number of hydrogen-bond acceptors (Lipinski definition) is 6. The van der Waals surface area contributed by atoms with Gasteiger partial charge in [0.25, 0.3) is 0 Å². The lowest BCUT2D eigenvalue weighted by molar-refractivity contribution is -0.143. The van der Waals surface area contributed by atoms with Crippen molar-refractivity contribution < 1.29 is 27.6 Å². The second-order valence-corrected chi connectivity index (χ2v) is 12.7. The molecule has 1 aromatic carbocycles. The van der Waals surface area contributed by atoms with Gasteiger partial charge in [-0.25, -0.2) is 0 Å². The van der Waals surface area contributed by atoms with Crippen LogP contribution in [0.3, 0.4) is 0 Å². The first kappa shape index (κ1) is 23.8. The molecule has 2 saturated carbocycles. The number of thiazole rings is 1. The number of hydrogen-bond donors (Lipinski definition) is 2. The summed E-state index contributed by atoms with van der Waals surface area (Å²) in [4.78, 5) is 56.2. The quantitative estimate of drug-likeness (QED) is 0.582. The summed E-state index contributed by atoms with van der Waals surface area (Å²) >= 11 is 2.78. The van der Waals surface area contributed by atoms with E-state index in [-0.39, 0.29) is 44.9 Å². The van der Waals surface area contributed by atoms with Crippen molar-refractivity contribution in [1.82, 2.24) is 9.88 Å². The normalized spacial score (nSPS) is 31.9. The van der Waals surface area contributed by atoms with Gasteiger partial charge in [-0.05, 0) is 42.4 Å². The molecule has 3 heterocycles. The van der Waals surface area contributed by atoms with Gasteiger partial charge in [0.05, 0.1) is 22.4 Å². The van der Waals surface area contributed by atoms with Crippen molar-refractivity contribution in [2.45, 2.75) is 42.1 Å². The van der Waals surface area contributed by atoms with Gasteiger partial charge in [-0.1, -0.05) is 31.3 Å². The number of thioether (sulfide) groups is 1. The number of rotatable bonds is 3. The number of carbonyl (C=O) groups excluding carboxylic acids is 3. The Balaban J connectivity index is 1.22. The van der Waals surface area contributed by atoms with Crippen molar-refractivity contribution in [3.05, 3.63) is 44.4 Å². The molecule has 3 fully saturated rings. The first-order valence-electron chi connectivity index (χ1n) is 11.6. The Morgan fingerprint density at radius 3 is 2.56 bits per heavy atom. The van der Waals surface area contributed by atoms with Gasteiger partial charge in [0.15, 0.2) is 0 Å². The lowest BCUT2D eigenvalue weighted by Gasteiger charge is -2.47. The van der Waals surface area contributed by atoms with Crippen molar-refractivity contribution in [3.63, 3.8) is 0 Å². The van der Waals surface area contributed by atoms with Gasteiger partial charge in [-0.2, -0.15) is 13.2 Å². The summed E-state index contributed by atoms with van der Waals surface area (Å²) in [6, 6.07) is 4.21. The highest BCUT2D eigenvalue weighted by atomic mass is 32.2. The van der Waals surface area contributed by atoms with Gasteiger partial charge in [0, 0.05) is 21.2 Å². The van der Waals surface area contributed by atoms with Crippen LogP contribution >= 0.6 is 23.1 Å². The maximum absolute atomic E-state index is 13.4. The van der Waals surface area contributed by atoms with Crippen molar-refractivity contribution in [2.75, 3.05) is 11.9 Å². The summed E-state index contributed by atoms with van der Waals surface area (Å²) in [5, 5.41) is 3.31. The number of imide groups is 1. The zero-order chi connectivity index (χ0) is 25.7. The van der Waals surface area contributed by atoms with Gasteiger partial charge in [-0.3, -0.25) is 24.1 Å². The molecule has 2 aliphatic heterocycles. The predicted molar refractivity (Wildman–Crippen MR) is 126 cm³/mol. The summed E-state index contributed by atoms with van der Waals surface area (Å²) in [5.41, 5.74) is -1.30. The SMILES string of the molecule is CC1(C)c2sc(=O)[nH]c2S[C@H]2[C@@H]3C[C@H]([C@H]4C(=O)N(CC(=O)Nc5cccc(C(F)(F)F)c5)C(=O)[C@H]34)[C@H]21. The number of benzene rings is 1. The van der Waals surface area contributed by atoms with E-state index in [0.717, 1.165) is 33.4 Å². The van der Waals surface area contributed by atoms with Crippen LogP contribution in [0.15, 0.2) is 34.1 Å². The van der Waals surface area contributed by atoms with Gasteiger partial charge in [-0.15, -0.1) is 11.8 Å². The summed E-state index contributed by atoms with van der Waals surface area (Å²) in [6.07, 6.45) is -3.81. The Morgan fingerprint density at radius 1 is 1.17 bits per heavy atom. The average Bonchev–Trinajstić information content (AvgIpc) is 3.51. The molecule has 2 bridgehead atoms. The van der Waals surface area contributed by atoms with Crippen LogP contribution in [-0.2, 0) is 26.0 Å². The zero-order valence-corrected chi connectivity index (χ0v) is 20.9. The van der Waals surface area contributed by atoms with E-state index >= 15 is 0 Å². The van der Waals surface area contributed by atoms with Crippen LogP contribution < -0.4 is 10.2 Å². The number of aromatic amines is 1. The number of anilines is 1. The topological polar surface area (TPSA) is 99.3 Å². The maximum atomic E-state index is 13.4. The van der Waals surface area contributed by atoms with Gasteiger partial charge in [0.1, 0.15) is 6.54 Å². The molecular weight excluding hydrogens is 515 g/mol. The number of H-pyrrole nitrogens is 1. The monoisotopic (exact) mass is 537 g/mol. The molecule has 6 atom stereocenters. The number of nitrogens with zero attached hydrogens (tertiary/aromatic N) is 1. The molecule has 12 heteroatoms. The molecule has 4 aliphatic rings. The van der Waals surface area contributed by atoms with E-state index in [2.05, 4.69) is 24.1 Å². The molecule has 6 rings (SSSR count). The second kappa shape index (κ2) is 7.70. The third-order valence-electron chi connectivity index (χ3n) is 8.26. The molecule has 2 aromatic rings. The molecular formula is C24H22F3N3O4S2. The van der Waals surface area contributed by atoms with Crippen LogP contribution in [0.2, 0.25) is 0 Å². The molecule has 1 aromatic heterocycles. The van der Waals surface area contributed by atoms with E-state index in [1.165, 1.54) is 23.5 Å². The van der Waals surface area contributed by atoms with E-state index in [0.29, 0.717) is 0 Å². The fourth-order valence-electron chi connectivity index (χ4n) is 6.99. The number of likely N-dealkylation sites (tertiary alicyclic amines) is 1.